The second kappa shape index (κ2) is 11.2. The van der Waals surface area contributed by atoms with Gasteiger partial charge in [0.25, 0.3) is 0 Å². The van der Waals surface area contributed by atoms with Crippen LogP contribution in [0.25, 0.3) is 21.9 Å². The molecule has 2 heterocycles. The fourth-order valence-corrected chi connectivity index (χ4v) is 5.69. The highest BCUT2D eigenvalue weighted by Crippen LogP contribution is 2.44. The van der Waals surface area contributed by atoms with Gasteiger partial charge in [0.15, 0.2) is 0 Å². The van der Waals surface area contributed by atoms with Crippen LogP contribution in [0, 0.1) is 0 Å². The van der Waals surface area contributed by atoms with Crippen molar-refractivity contribution in [3.63, 3.8) is 0 Å². The van der Waals surface area contributed by atoms with Crippen LogP contribution in [-0.2, 0) is 0 Å². The van der Waals surface area contributed by atoms with E-state index < -0.39 is 0 Å². The molecule has 37 heavy (non-hydrogen) atoms. The van der Waals surface area contributed by atoms with E-state index in [0.717, 1.165) is 64.8 Å². The molecule has 1 aliphatic heterocycles. The lowest BCUT2D eigenvalue weighted by molar-refractivity contribution is 0.315. The molecule has 1 aromatic heterocycles. The maximum atomic E-state index is 5.68. The quantitative estimate of drug-likeness (QED) is 0.239. The van der Waals surface area contributed by atoms with Crippen molar-refractivity contribution in [2.24, 2.45) is 0 Å². The fraction of sp³-hybridized carbons (Fsp3) is 0.258. The van der Waals surface area contributed by atoms with Gasteiger partial charge < -0.3 is 14.5 Å². The average molecular weight is 511 g/mol. The predicted molar refractivity (Wildman–Crippen MR) is 158 cm³/mol. The molecule has 0 atom stereocenters. The molecule has 3 aromatic carbocycles. The van der Waals surface area contributed by atoms with E-state index in [-0.39, 0.29) is 0 Å². The molecule has 0 unspecified atom stereocenters. The summed E-state index contributed by atoms with van der Waals surface area (Å²) in [6.45, 7) is 5.17. The van der Waals surface area contributed by atoms with E-state index in [1.165, 1.54) is 10.5 Å². The molecule has 1 aliphatic rings. The van der Waals surface area contributed by atoms with Crippen LogP contribution < -0.4 is 9.64 Å². The summed E-state index contributed by atoms with van der Waals surface area (Å²) < 4.78 is 6.88. The topological polar surface area (TPSA) is 31.8 Å². The largest absolute Gasteiger partial charge is 0.497 e. The smallest absolute Gasteiger partial charge is 0.120 e. The number of ether oxygens (including phenoxy) is 1. The summed E-state index contributed by atoms with van der Waals surface area (Å²) in [6.07, 6.45) is 5.64. The minimum Gasteiger partial charge on any atom is -0.497 e. The highest BCUT2D eigenvalue weighted by molar-refractivity contribution is 7.19. The molecule has 5 rings (SSSR count). The number of rotatable bonds is 9. The number of aromatic nitrogens is 1. The SMILES string of the molecule is CCN(CCCN(C)C)C1=C/C(=C/c2nc3ccccc3s2)c2ccc(OC)cc2N1c1ccccc1. The maximum absolute atomic E-state index is 5.68. The Hall–Kier alpha value is -3.61. The van der Waals surface area contributed by atoms with Crippen molar-refractivity contribution in [2.45, 2.75) is 13.3 Å². The molecule has 4 aromatic rings. The number of anilines is 2. The third-order valence-electron chi connectivity index (χ3n) is 6.61. The summed E-state index contributed by atoms with van der Waals surface area (Å²) in [4.78, 5) is 12.0. The number of thiazole rings is 1. The van der Waals surface area contributed by atoms with Crippen LogP contribution in [0.5, 0.6) is 5.75 Å². The van der Waals surface area contributed by atoms with E-state index in [9.17, 15) is 0 Å². The van der Waals surface area contributed by atoms with Crippen LogP contribution in [0.4, 0.5) is 11.4 Å². The number of para-hydroxylation sites is 2. The number of benzene rings is 3. The lowest BCUT2D eigenvalue weighted by Gasteiger charge is -2.40. The van der Waals surface area contributed by atoms with E-state index in [1.54, 1.807) is 18.4 Å². The number of allylic oxidation sites excluding steroid dienone is 2. The van der Waals surface area contributed by atoms with Gasteiger partial charge in [-0.3, -0.25) is 4.90 Å². The van der Waals surface area contributed by atoms with Crippen molar-refractivity contribution < 1.29 is 4.74 Å². The van der Waals surface area contributed by atoms with Gasteiger partial charge in [0, 0.05) is 30.4 Å². The van der Waals surface area contributed by atoms with Crippen LogP contribution in [0.15, 0.2) is 84.7 Å². The Morgan fingerprint density at radius 3 is 2.49 bits per heavy atom. The monoisotopic (exact) mass is 510 g/mol. The van der Waals surface area contributed by atoms with Gasteiger partial charge in [-0.05, 0) is 88.1 Å². The normalized spacial score (nSPS) is 14.2. The number of fused-ring (bicyclic) bond motifs is 2. The van der Waals surface area contributed by atoms with Crippen molar-refractivity contribution in [1.29, 1.82) is 0 Å². The van der Waals surface area contributed by atoms with Gasteiger partial charge in [0.2, 0.25) is 0 Å². The van der Waals surface area contributed by atoms with Crippen LogP contribution in [0.1, 0.15) is 23.9 Å². The molecular weight excluding hydrogens is 476 g/mol. The van der Waals surface area contributed by atoms with Gasteiger partial charge in [-0.2, -0.15) is 0 Å². The molecule has 6 heteroatoms. The molecule has 0 saturated heterocycles. The average Bonchev–Trinajstić information content (AvgIpc) is 3.33. The summed E-state index contributed by atoms with van der Waals surface area (Å²) in [5.74, 6) is 2.01. The third kappa shape index (κ3) is 5.41. The van der Waals surface area contributed by atoms with Gasteiger partial charge in [0.1, 0.15) is 16.6 Å². The third-order valence-corrected chi connectivity index (χ3v) is 7.60. The summed E-state index contributed by atoms with van der Waals surface area (Å²) in [7, 11) is 5.99. The lowest BCUT2D eigenvalue weighted by Crippen LogP contribution is -2.36. The first-order chi connectivity index (χ1) is 18.1. The first kappa shape index (κ1) is 25.1. The summed E-state index contributed by atoms with van der Waals surface area (Å²) in [6, 6.07) is 25.3. The molecule has 0 spiro atoms. The zero-order chi connectivity index (χ0) is 25.8. The van der Waals surface area contributed by atoms with Gasteiger partial charge in [-0.15, -0.1) is 11.3 Å². The van der Waals surface area contributed by atoms with Gasteiger partial charge in [-0.1, -0.05) is 30.3 Å². The lowest BCUT2D eigenvalue weighted by atomic mass is 9.97. The molecular formula is C31H34N4OS. The van der Waals surface area contributed by atoms with E-state index in [0.29, 0.717) is 0 Å². The van der Waals surface area contributed by atoms with Crippen molar-refractivity contribution in [2.75, 3.05) is 45.7 Å². The van der Waals surface area contributed by atoms with Crippen molar-refractivity contribution in [1.82, 2.24) is 14.8 Å². The molecule has 5 nitrogen and oxygen atoms in total. The Morgan fingerprint density at radius 1 is 0.973 bits per heavy atom. The van der Waals surface area contributed by atoms with Crippen LogP contribution in [-0.4, -0.2) is 55.6 Å². The van der Waals surface area contributed by atoms with Gasteiger partial charge in [-0.25, -0.2) is 4.98 Å². The van der Waals surface area contributed by atoms with Gasteiger partial charge in [0.05, 0.1) is 23.0 Å². The number of nitrogens with zero attached hydrogens (tertiary/aromatic N) is 4. The first-order valence-electron chi connectivity index (χ1n) is 12.8. The van der Waals surface area contributed by atoms with E-state index in [2.05, 4.69) is 109 Å². The summed E-state index contributed by atoms with van der Waals surface area (Å²) >= 11 is 1.73. The Balaban J connectivity index is 1.67. The molecule has 0 bridgehead atoms. The molecule has 0 amide bonds. The standard InChI is InChI=1S/C31H34N4OS/c1-5-34(19-11-18-33(2)3)31-21-23(20-30-32-27-14-9-10-15-29(27)37-30)26-17-16-25(36-4)22-28(26)35(31)24-12-7-6-8-13-24/h6-10,12-17,20-22H,5,11,18-19H2,1-4H3/b23-20-. The minimum absolute atomic E-state index is 0.843. The first-order valence-corrected chi connectivity index (χ1v) is 13.6. The van der Waals surface area contributed by atoms with E-state index in [1.807, 2.05) is 12.1 Å². The molecule has 190 valence electrons. The maximum Gasteiger partial charge on any atom is 0.120 e. The van der Waals surface area contributed by atoms with E-state index >= 15 is 0 Å². The van der Waals surface area contributed by atoms with Crippen LogP contribution in [0.2, 0.25) is 0 Å². The Bertz CT molecular complexity index is 1390. The molecule has 0 N–H and O–H groups in total. The second-order valence-corrected chi connectivity index (χ2v) is 10.5. The minimum atomic E-state index is 0.843. The number of hydrogen-bond donors (Lipinski definition) is 0. The highest BCUT2D eigenvalue weighted by Gasteiger charge is 2.28. The Morgan fingerprint density at radius 2 is 1.76 bits per heavy atom. The highest BCUT2D eigenvalue weighted by atomic mass is 32.1. The summed E-state index contributed by atoms with van der Waals surface area (Å²) in [5.41, 5.74) is 5.61. The number of methoxy groups -OCH3 is 1. The Kier molecular flexibility index (Phi) is 7.58. The van der Waals surface area contributed by atoms with Crippen molar-refractivity contribution in [3.8, 4) is 5.75 Å². The zero-order valence-electron chi connectivity index (χ0n) is 22.0. The van der Waals surface area contributed by atoms with Crippen molar-refractivity contribution >= 4 is 44.6 Å². The fourth-order valence-electron chi connectivity index (χ4n) is 4.77. The number of hydrogen-bond acceptors (Lipinski definition) is 6. The van der Waals surface area contributed by atoms with Crippen LogP contribution >= 0.6 is 11.3 Å². The zero-order valence-corrected chi connectivity index (χ0v) is 22.8. The molecule has 0 fully saturated rings. The summed E-state index contributed by atoms with van der Waals surface area (Å²) in [5, 5.41) is 1.01. The molecule has 0 saturated carbocycles. The second-order valence-electron chi connectivity index (χ2n) is 9.41. The Labute approximate surface area is 223 Å². The molecule has 0 radical (unpaired) electrons. The molecule has 0 aliphatic carbocycles. The van der Waals surface area contributed by atoms with Crippen LogP contribution in [0.3, 0.4) is 0 Å². The predicted octanol–water partition coefficient (Wildman–Crippen LogP) is 7.11. The van der Waals surface area contributed by atoms with Crippen molar-refractivity contribution in [3.05, 3.63) is 95.3 Å². The van der Waals surface area contributed by atoms with E-state index in [4.69, 9.17) is 9.72 Å². The van der Waals surface area contributed by atoms with Gasteiger partial charge >= 0.3 is 0 Å².